The summed E-state index contributed by atoms with van der Waals surface area (Å²) in [5, 5.41) is 21.6. The van der Waals surface area contributed by atoms with E-state index < -0.39 is 12.6 Å². The van der Waals surface area contributed by atoms with E-state index in [-0.39, 0.29) is 25.7 Å². The first kappa shape index (κ1) is 40.7. The van der Waals surface area contributed by atoms with E-state index in [1.807, 2.05) is 66.4 Å². The molecule has 3 aromatic carbocycles. The van der Waals surface area contributed by atoms with E-state index in [4.69, 9.17) is 37.4 Å². The van der Waals surface area contributed by atoms with Crippen molar-refractivity contribution >= 4 is 23.2 Å². The minimum absolute atomic E-state index is 0.00212. The quantitative estimate of drug-likeness (QED) is 0.104. The van der Waals surface area contributed by atoms with Crippen molar-refractivity contribution in [3.05, 3.63) is 129 Å². The zero-order valence-electron chi connectivity index (χ0n) is 30.8. The van der Waals surface area contributed by atoms with E-state index in [0.29, 0.717) is 65.6 Å². The molecule has 1 unspecified atom stereocenters. The highest BCUT2D eigenvalue weighted by Gasteiger charge is 2.29. The molecule has 0 amide bonds. The second-order valence-electron chi connectivity index (χ2n) is 13.7. The molecule has 56 heavy (non-hydrogen) atoms. The van der Waals surface area contributed by atoms with Gasteiger partial charge in [0.1, 0.15) is 36.5 Å². The molecule has 0 aliphatic carbocycles. The Hall–Kier alpha value is -4.93. The minimum Gasteiger partial charge on any atom is -0.492 e. The molecule has 9 nitrogen and oxygen atoms in total. The van der Waals surface area contributed by atoms with E-state index in [1.54, 1.807) is 24.5 Å². The highest BCUT2D eigenvalue weighted by Crippen LogP contribution is 2.39. The maximum Gasteiger partial charge on any atom is 0.390 e. The third-order valence-corrected chi connectivity index (χ3v) is 10.2. The van der Waals surface area contributed by atoms with Crippen molar-refractivity contribution in [2.75, 3.05) is 26.2 Å². The molecular weight excluding hydrogens is 764 g/mol. The third kappa shape index (κ3) is 11.3. The number of hydrogen-bond acceptors (Lipinski definition) is 9. The predicted octanol–water partition coefficient (Wildman–Crippen LogP) is 9.52. The topological polar surface area (TPSA) is 105 Å². The van der Waals surface area contributed by atoms with Gasteiger partial charge in [-0.2, -0.15) is 28.6 Å². The number of ether oxygens (including phenoxy) is 3. The molecule has 0 radical (unpaired) electrons. The molecule has 1 atom stereocenters. The molecule has 3 heterocycles. The molecule has 1 aliphatic rings. The number of halogens is 5. The van der Waals surface area contributed by atoms with Crippen LogP contribution in [0.5, 0.6) is 17.2 Å². The van der Waals surface area contributed by atoms with Gasteiger partial charge in [0.05, 0.1) is 34.3 Å². The SMILES string of the molecule is Cc1c(COc2cc(OCc3cncc(C#N)c3)c(CNCc3cccnn3)cc2Cl)cccc1-c1cccc(OCC2CCCN(CCC(F)(F)F)C2)c1Cl. The van der Waals surface area contributed by atoms with Crippen molar-refractivity contribution in [3.8, 4) is 34.4 Å². The molecule has 0 spiro atoms. The lowest BCUT2D eigenvalue weighted by molar-refractivity contribution is -0.138. The Labute approximate surface area is 334 Å². The summed E-state index contributed by atoms with van der Waals surface area (Å²) >= 11 is 13.7. The lowest BCUT2D eigenvalue weighted by atomic mass is 9.96. The normalized spacial score (nSPS) is 14.6. The molecule has 1 aliphatic heterocycles. The summed E-state index contributed by atoms with van der Waals surface area (Å²) in [6, 6.07) is 22.6. The van der Waals surface area contributed by atoms with Gasteiger partial charge in [0.15, 0.2) is 0 Å². The van der Waals surface area contributed by atoms with Gasteiger partial charge in [-0.05, 0) is 73.3 Å². The van der Waals surface area contributed by atoms with Gasteiger partial charge >= 0.3 is 6.18 Å². The van der Waals surface area contributed by atoms with Gasteiger partial charge < -0.3 is 24.4 Å². The molecule has 0 saturated carbocycles. The average Bonchev–Trinajstić information content (AvgIpc) is 3.20. The summed E-state index contributed by atoms with van der Waals surface area (Å²) < 4.78 is 57.1. The standard InChI is InChI=1S/C42H41Cl2F3N6O3/c1-28-32(7-2-9-35(28)36-10-3-11-38(41(36)44)54-25-29-6-5-14-53(24-29)15-12-42(45,46)47)27-56-40-18-39(55-26-31-16-30(19-48)20-49-21-31)33(17-37(40)43)22-50-23-34-8-4-13-51-52-34/h2-4,7-11,13,16-18,20-21,29,50H,5-6,12,14-15,22-27H2,1H3. The molecule has 14 heteroatoms. The summed E-state index contributed by atoms with van der Waals surface area (Å²) in [6.07, 6.45) is 1.51. The Morgan fingerprint density at radius 2 is 1.73 bits per heavy atom. The van der Waals surface area contributed by atoms with E-state index in [0.717, 1.165) is 51.9 Å². The van der Waals surface area contributed by atoms with Crippen LogP contribution in [0, 0.1) is 24.2 Å². The van der Waals surface area contributed by atoms with Crippen LogP contribution in [0.1, 0.15) is 52.8 Å². The monoisotopic (exact) mass is 804 g/mol. The van der Waals surface area contributed by atoms with Crippen LogP contribution < -0.4 is 19.5 Å². The van der Waals surface area contributed by atoms with Crippen LogP contribution in [0.15, 0.2) is 85.3 Å². The lowest BCUT2D eigenvalue weighted by Crippen LogP contribution is -2.39. The second kappa shape index (κ2) is 19.3. The van der Waals surface area contributed by atoms with Crippen molar-refractivity contribution in [1.29, 1.82) is 5.26 Å². The van der Waals surface area contributed by atoms with Gasteiger partial charge in [-0.15, -0.1) is 0 Å². The number of piperidine rings is 1. The zero-order chi connectivity index (χ0) is 39.5. The smallest absolute Gasteiger partial charge is 0.390 e. The van der Waals surface area contributed by atoms with Gasteiger partial charge in [-0.25, -0.2) is 0 Å². The number of nitrogens with one attached hydrogen (secondary N) is 1. The maximum absolute atomic E-state index is 12.8. The van der Waals surface area contributed by atoms with Crippen LogP contribution in [0.4, 0.5) is 13.2 Å². The molecular formula is C42H41Cl2F3N6O3. The Morgan fingerprint density at radius 3 is 2.54 bits per heavy atom. The van der Waals surface area contributed by atoms with Crippen LogP contribution in [0.25, 0.3) is 11.1 Å². The second-order valence-corrected chi connectivity index (χ2v) is 14.5. The van der Waals surface area contributed by atoms with E-state index in [2.05, 4.69) is 26.6 Å². The number of nitrogens with zero attached hydrogens (tertiary/aromatic N) is 5. The first-order valence-corrected chi connectivity index (χ1v) is 19.0. The Balaban J connectivity index is 1.14. The minimum atomic E-state index is -4.17. The van der Waals surface area contributed by atoms with Gasteiger partial charge in [-0.3, -0.25) is 4.98 Å². The molecule has 0 bridgehead atoms. The van der Waals surface area contributed by atoms with Gasteiger partial charge in [0.25, 0.3) is 0 Å². The Kier molecular flexibility index (Phi) is 14.0. The molecule has 1 saturated heterocycles. The zero-order valence-corrected chi connectivity index (χ0v) is 32.3. The fourth-order valence-electron chi connectivity index (χ4n) is 6.60. The van der Waals surface area contributed by atoms with Crippen LogP contribution in [0.3, 0.4) is 0 Å². The lowest BCUT2D eigenvalue weighted by Gasteiger charge is -2.32. The van der Waals surface area contributed by atoms with Crippen molar-refractivity contribution in [2.45, 2.75) is 58.7 Å². The van der Waals surface area contributed by atoms with Crippen LogP contribution in [-0.4, -0.2) is 52.5 Å². The van der Waals surface area contributed by atoms with E-state index >= 15 is 0 Å². The summed E-state index contributed by atoms with van der Waals surface area (Å²) in [5.74, 6) is 1.62. The van der Waals surface area contributed by atoms with Gasteiger partial charge in [0.2, 0.25) is 0 Å². The molecule has 1 N–H and O–H groups in total. The molecule has 1 fully saturated rings. The number of nitriles is 1. The number of likely N-dealkylation sites (tertiary alicyclic amines) is 1. The van der Waals surface area contributed by atoms with Crippen molar-refractivity contribution < 1.29 is 27.4 Å². The first-order valence-electron chi connectivity index (χ1n) is 18.2. The summed E-state index contributed by atoms with van der Waals surface area (Å²) in [7, 11) is 0. The Morgan fingerprint density at radius 1 is 0.911 bits per heavy atom. The van der Waals surface area contributed by atoms with Crippen molar-refractivity contribution in [1.82, 2.24) is 25.4 Å². The largest absolute Gasteiger partial charge is 0.492 e. The van der Waals surface area contributed by atoms with E-state index in [9.17, 15) is 18.4 Å². The number of alkyl halides is 3. The van der Waals surface area contributed by atoms with Crippen molar-refractivity contribution in [2.24, 2.45) is 5.92 Å². The van der Waals surface area contributed by atoms with Crippen LogP contribution >= 0.6 is 23.2 Å². The van der Waals surface area contributed by atoms with E-state index in [1.165, 1.54) is 6.20 Å². The summed E-state index contributed by atoms with van der Waals surface area (Å²) in [6.45, 7) is 4.88. The fourth-order valence-corrected chi connectivity index (χ4v) is 7.12. The molecule has 2 aromatic heterocycles. The highest BCUT2D eigenvalue weighted by molar-refractivity contribution is 6.35. The molecule has 6 rings (SSSR count). The summed E-state index contributed by atoms with van der Waals surface area (Å²) in [5.41, 5.74) is 6.34. The predicted molar refractivity (Wildman–Crippen MR) is 209 cm³/mol. The highest BCUT2D eigenvalue weighted by atomic mass is 35.5. The first-order chi connectivity index (χ1) is 27.1. The van der Waals surface area contributed by atoms with Crippen LogP contribution in [0.2, 0.25) is 10.0 Å². The number of aromatic nitrogens is 3. The number of benzene rings is 3. The van der Waals surface area contributed by atoms with Crippen molar-refractivity contribution in [3.63, 3.8) is 0 Å². The van der Waals surface area contributed by atoms with Gasteiger partial charge in [-0.1, -0.05) is 53.5 Å². The number of pyridine rings is 1. The maximum atomic E-state index is 12.8. The molecule has 292 valence electrons. The fraction of sp³-hybridized carbons (Fsp3) is 0.333. The number of rotatable bonds is 16. The number of hydrogen-bond donors (Lipinski definition) is 1. The van der Waals surface area contributed by atoms with Crippen LogP contribution in [-0.2, 0) is 26.3 Å². The molecule has 5 aromatic rings. The average molecular weight is 806 g/mol. The Bertz CT molecular complexity index is 2130. The third-order valence-electron chi connectivity index (χ3n) is 9.55. The summed E-state index contributed by atoms with van der Waals surface area (Å²) in [4.78, 5) is 6.00. The van der Waals surface area contributed by atoms with Gasteiger partial charge in [0, 0.05) is 73.4 Å².